The lowest BCUT2D eigenvalue weighted by Gasteiger charge is -2.09. The number of benzene rings is 1. The third-order valence-corrected chi connectivity index (χ3v) is 4.35. The lowest BCUT2D eigenvalue weighted by molar-refractivity contribution is 0.0951. The number of carbonyl (C=O) groups is 1. The number of thioether (sulfide) groups is 1. The average Bonchev–Trinajstić information content (AvgIpc) is 2.82. The van der Waals surface area contributed by atoms with E-state index < -0.39 is 0 Å². The van der Waals surface area contributed by atoms with Crippen molar-refractivity contribution in [1.29, 1.82) is 0 Å². The molecule has 1 N–H and O–H groups in total. The van der Waals surface area contributed by atoms with E-state index in [1.54, 1.807) is 11.8 Å². The molecule has 0 spiro atoms. The maximum Gasteiger partial charge on any atom is 0.251 e. The van der Waals surface area contributed by atoms with E-state index in [0.717, 1.165) is 40.4 Å². The summed E-state index contributed by atoms with van der Waals surface area (Å²) in [5.74, 6) is 0.00164. The zero-order valence-corrected chi connectivity index (χ0v) is 14.5. The van der Waals surface area contributed by atoms with E-state index in [-0.39, 0.29) is 5.91 Å². The van der Waals surface area contributed by atoms with Gasteiger partial charge in [-0.1, -0.05) is 6.07 Å². The van der Waals surface area contributed by atoms with Gasteiger partial charge in [-0.3, -0.25) is 9.48 Å². The Morgan fingerprint density at radius 1 is 1.27 bits per heavy atom. The number of hydrogen-bond donors (Lipinski definition) is 1. The lowest BCUT2D eigenvalue weighted by atomic mass is 10.1. The summed E-state index contributed by atoms with van der Waals surface area (Å²) < 4.78 is 1.99. The van der Waals surface area contributed by atoms with Gasteiger partial charge in [0.25, 0.3) is 5.91 Å². The highest BCUT2D eigenvalue weighted by Gasteiger charge is 2.09. The summed E-state index contributed by atoms with van der Waals surface area (Å²) in [6.07, 6.45) is 2.88. The van der Waals surface area contributed by atoms with Gasteiger partial charge in [-0.15, -0.1) is 11.8 Å². The standard InChI is InChI=1S/C17H23N3OS/c1-12-6-7-15(22-4)11-16(12)17(21)18-8-5-9-20-14(3)10-13(2)19-20/h6-7,10-11H,5,8-9H2,1-4H3,(H,18,21). The van der Waals surface area contributed by atoms with Gasteiger partial charge in [-0.25, -0.2) is 0 Å². The highest BCUT2D eigenvalue weighted by atomic mass is 32.2. The molecule has 1 aromatic heterocycles. The first-order valence-corrected chi connectivity index (χ1v) is 8.67. The molecule has 118 valence electrons. The Bertz CT molecular complexity index is 664. The van der Waals surface area contributed by atoms with Crippen LogP contribution in [0, 0.1) is 20.8 Å². The maximum absolute atomic E-state index is 12.3. The molecule has 5 heteroatoms. The van der Waals surface area contributed by atoms with E-state index in [4.69, 9.17) is 0 Å². The minimum atomic E-state index is 0.00164. The van der Waals surface area contributed by atoms with E-state index in [1.807, 2.05) is 43.0 Å². The molecule has 0 aliphatic heterocycles. The van der Waals surface area contributed by atoms with Crippen LogP contribution in [0.25, 0.3) is 0 Å². The summed E-state index contributed by atoms with van der Waals surface area (Å²) in [4.78, 5) is 13.4. The largest absolute Gasteiger partial charge is 0.352 e. The Labute approximate surface area is 136 Å². The van der Waals surface area contributed by atoms with Crippen molar-refractivity contribution >= 4 is 17.7 Å². The monoisotopic (exact) mass is 317 g/mol. The minimum absolute atomic E-state index is 0.00164. The molecule has 22 heavy (non-hydrogen) atoms. The molecule has 0 aliphatic rings. The molecule has 4 nitrogen and oxygen atoms in total. The summed E-state index contributed by atoms with van der Waals surface area (Å²) in [6, 6.07) is 8.06. The molecule has 0 fully saturated rings. The molecule has 0 unspecified atom stereocenters. The van der Waals surface area contributed by atoms with E-state index in [0.29, 0.717) is 6.54 Å². The molecule has 0 bridgehead atoms. The molecule has 0 radical (unpaired) electrons. The second kappa shape index (κ2) is 7.49. The minimum Gasteiger partial charge on any atom is -0.352 e. The fourth-order valence-electron chi connectivity index (χ4n) is 2.40. The molecule has 0 aliphatic carbocycles. The molecule has 1 amide bonds. The van der Waals surface area contributed by atoms with Crippen LogP contribution in [-0.2, 0) is 6.54 Å². The fraction of sp³-hybridized carbons (Fsp3) is 0.412. The first kappa shape index (κ1) is 16.6. The Morgan fingerprint density at radius 2 is 2.05 bits per heavy atom. The average molecular weight is 317 g/mol. The zero-order valence-electron chi connectivity index (χ0n) is 13.6. The molecule has 0 saturated carbocycles. The van der Waals surface area contributed by atoms with Crippen LogP contribution in [0.4, 0.5) is 0 Å². The van der Waals surface area contributed by atoms with Crippen molar-refractivity contribution in [2.75, 3.05) is 12.8 Å². The Balaban J connectivity index is 1.86. The van der Waals surface area contributed by atoms with Crippen molar-refractivity contribution in [3.63, 3.8) is 0 Å². The number of carbonyl (C=O) groups excluding carboxylic acids is 1. The molecule has 2 aromatic rings. The third-order valence-electron chi connectivity index (χ3n) is 3.62. The summed E-state index contributed by atoms with van der Waals surface area (Å²) in [6.45, 7) is 7.49. The number of aromatic nitrogens is 2. The fourth-order valence-corrected chi connectivity index (χ4v) is 2.84. The van der Waals surface area contributed by atoms with Gasteiger partial charge in [-0.05, 0) is 57.2 Å². The molecule has 0 atom stereocenters. The zero-order chi connectivity index (χ0) is 16.1. The summed E-state index contributed by atoms with van der Waals surface area (Å²) >= 11 is 1.65. The van der Waals surface area contributed by atoms with Crippen molar-refractivity contribution in [2.24, 2.45) is 0 Å². The number of nitrogens with zero attached hydrogens (tertiary/aromatic N) is 2. The molecule has 2 rings (SSSR count). The summed E-state index contributed by atoms with van der Waals surface area (Å²) in [5.41, 5.74) is 3.96. The highest BCUT2D eigenvalue weighted by Crippen LogP contribution is 2.19. The number of nitrogens with one attached hydrogen (secondary N) is 1. The highest BCUT2D eigenvalue weighted by molar-refractivity contribution is 7.98. The van der Waals surface area contributed by atoms with Crippen molar-refractivity contribution in [1.82, 2.24) is 15.1 Å². The van der Waals surface area contributed by atoms with Gasteiger partial charge in [-0.2, -0.15) is 5.10 Å². The molecule has 0 saturated heterocycles. The maximum atomic E-state index is 12.3. The van der Waals surface area contributed by atoms with Crippen molar-refractivity contribution < 1.29 is 4.79 Å². The smallest absolute Gasteiger partial charge is 0.251 e. The number of aryl methyl sites for hydroxylation is 4. The predicted molar refractivity (Wildman–Crippen MR) is 91.6 cm³/mol. The van der Waals surface area contributed by atoms with Gasteiger partial charge in [0.15, 0.2) is 0 Å². The molecule has 1 aromatic carbocycles. The van der Waals surface area contributed by atoms with Gasteiger partial charge < -0.3 is 5.32 Å². The van der Waals surface area contributed by atoms with E-state index in [2.05, 4.69) is 23.4 Å². The van der Waals surface area contributed by atoms with Crippen LogP contribution in [0.3, 0.4) is 0 Å². The van der Waals surface area contributed by atoms with E-state index >= 15 is 0 Å². The van der Waals surface area contributed by atoms with Crippen molar-refractivity contribution in [2.45, 2.75) is 38.6 Å². The first-order chi connectivity index (χ1) is 10.5. The van der Waals surface area contributed by atoms with Gasteiger partial charge in [0.05, 0.1) is 5.69 Å². The van der Waals surface area contributed by atoms with Gasteiger partial charge >= 0.3 is 0 Å². The van der Waals surface area contributed by atoms with E-state index in [9.17, 15) is 4.79 Å². The Hall–Kier alpha value is -1.75. The van der Waals surface area contributed by atoms with Crippen LogP contribution < -0.4 is 5.32 Å². The van der Waals surface area contributed by atoms with Crippen LogP contribution in [0.2, 0.25) is 0 Å². The van der Waals surface area contributed by atoms with Crippen LogP contribution in [0.5, 0.6) is 0 Å². The SMILES string of the molecule is CSc1ccc(C)c(C(=O)NCCCn2nc(C)cc2C)c1. The lowest BCUT2D eigenvalue weighted by Crippen LogP contribution is -2.26. The quantitative estimate of drug-likeness (QED) is 0.656. The first-order valence-electron chi connectivity index (χ1n) is 7.45. The Morgan fingerprint density at radius 3 is 2.68 bits per heavy atom. The van der Waals surface area contributed by atoms with E-state index in [1.165, 1.54) is 0 Å². The van der Waals surface area contributed by atoms with Gasteiger partial charge in [0.1, 0.15) is 0 Å². The predicted octanol–water partition coefficient (Wildman–Crippen LogP) is 3.35. The van der Waals surface area contributed by atoms with Crippen molar-refractivity contribution in [3.8, 4) is 0 Å². The second-order valence-corrected chi connectivity index (χ2v) is 6.32. The third kappa shape index (κ3) is 4.13. The van der Waals surface area contributed by atoms with Crippen LogP contribution in [0.15, 0.2) is 29.2 Å². The normalized spacial score (nSPS) is 10.7. The van der Waals surface area contributed by atoms with Crippen LogP contribution in [-0.4, -0.2) is 28.5 Å². The summed E-state index contributed by atoms with van der Waals surface area (Å²) in [7, 11) is 0. The molecular formula is C17H23N3OS. The Kier molecular flexibility index (Phi) is 5.66. The second-order valence-electron chi connectivity index (χ2n) is 5.44. The molecular weight excluding hydrogens is 294 g/mol. The number of rotatable bonds is 6. The number of hydrogen-bond acceptors (Lipinski definition) is 3. The number of amides is 1. The van der Waals surface area contributed by atoms with Crippen LogP contribution in [0.1, 0.15) is 33.7 Å². The summed E-state index contributed by atoms with van der Waals surface area (Å²) in [5, 5.41) is 7.42. The topological polar surface area (TPSA) is 46.9 Å². The van der Waals surface area contributed by atoms with Gasteiger partial charge in [0, 0.05) is 29.2 Å². The van der Waals surface area contributed by atoms with Crippen LogP contribution >= 0.6 is 11.8 Å². The van der Waals surface area contributed by atoms with Crippen molar-refractivity contribution in [3.05, 3.63) is 46.8 Å². The van der Waals surface area contributed by atoms with Gasteiger partial charge in [0.2, 0.25) is 0 Å². The molecule has 1 heterocycles.